The highest BCUT2D eigenvalue weighted by Gasteiger charge is 2.38. The molecule has 0 spiro atoms. The Morgan fingerprint density at radius 3 is 2.56 bits per heavy atom. The van der Waals surface area contributed by atoms with Crippen LogP contribution in [-0.4, -0.2) is 28.2 Å². The van der Waals surface area contributed by atoms with Crippen molar-refractivity contribution < 1.29 is 9.90 Å². The van der Waals surface area contributed by atoms with E-state index >= 15 is 0 Å². The van der Waals surface area contributed by atoms with Gasteiger partial charge in [-0.25, -0.2) is 4.99 Å². The molecule has 0 aliphatic carbocycles. The first kappa shape index (κ1) is 12.5. The van der Waals surface area contributed by atoms with Crippen molar-refractivity contribution in [2.75, 3.05) is 0 Å². The van der Waals surface area contributed by atoms with Crippen LogP contribution in [0.4, 0.5) is 0 Å². The van der Waals surface area contributed by atoms with Gasteiger partial charge in [0.15, 0.2) is 5.84 Å². The van der Waals surface area contributed by atoms with Crippen molar-refractivity contribution in [2.24, 2.45) is 9.98 Å². The van der Waals surface area contributed by atoms with E-state index in [0.29, 0.717) is 12.3 Å². The van der Waals surface area contributed by atoms with Gasteiger partial charge in [0, 0.05) is 11.3 Å². The smallest absolute Gasteiger partial charge is 0.306 e. The minimum absolute atomic E-state index is 0.00479. The maximum absolute atomic E-state index is 11.0. The Morgan fingerprint density at radius 2 is 2.00 bits per heavy atom. The van der Waals surface area contributed by atoms with E-state index in [1.807, 2.05) is 44.2 Å². The third-order valence-corrected chi connectivity index (χ3v) is 3.33. The Morgan fingerprint density at radius 1 is 1.33 bits per heavy atom. The van der Waals surface area contributed by atoms with Gasteiger partial charge in [-0.15, -0.1) is 0 Å². The molecule has 0 fully saturated rings. The average Bonchev–Trinajstić information content (AvgIpc) is 2.68. The Balaban J connectivity index is 2.39. The molecule has 0 saturated carbocycles. The highest BCUT2D eigenvalue weighted by Crippen LogP contribution is 2.29. The van der Waals surface area contributed by atoms with E-state index < -0.39 is 11.5 Å². The summed E-state index contributed by atoms with van der Waals surface area (Å²) in [5.74, 6) is -0.208. The first-order chi connectivity index (χ1) is 8.57. The van der Waals surface area contributed by atoms with Gasteiger partial charge in [0.25, 0.3) is 0 Å². The van der Waals surface area contributed by atoms with Crippen molar-refractivity contribution in [1.29, 1.82) is 0 Å². The highest BCUT2D eigenvalue weighted by molar-refractivity contribution is 6.14. The molecule has 94 valence electrons. The van der Waals surface area contributed by atoms with E-state index in [9.17, 15) is 4.79 Å². The summed E-state index contributed by atoms with van der Waals surface area (Å²) in [7, 11) is 0. The summed E-state index contributed by atoms with van der Waals surface area (Å²) in [6.45, 7) is 3.80. The number of aliphatic carboxylic acids is 1. The first-order valence-corrected chi connectivity index (χ1v) is 6.00. The van der Waals surface area contributed by atoms with Crippen molar-refractivity contribution in [3.05, 3.63) is 35.9 Å². The van der Waals surface area contributed by atoms with Crippen LogP contribution in [0.5, 0.6) is 0 Å². The lowest BCUT2D eigenvalue weighted by Crippen LogP contribution is -2.34. The fraction of sp³-hybridized carbons (Fsp3) is 0.357. The van der Waals surface area contributed by atoms with Crippen LogP contribution in [0.15, 0.2) is 40.3 Å². The normalized spacial score (nSPS) is 22.6. The van der Waals surface area contributed by atoms with Crippen molar-refractivity contribution >= 4 is 17.5 Å². The van der Waals surface area contributed by atoms with Crippen LogP contribution in [0.25, 0.3) is 0 Å². The Bertz CT molecular complexity index is 520. The maximum atomic E-state index is 11.0. The van der Waals surface area contributed by atoms with Gasteiger partial charge in [-0.1, -0.05) is 37.3 Å². The monoisotopic (exact) mass is 244 g/mol. The molecule has 1 unspecified atom stereocenters. The van der Waals surface area contributed by atoms with E-state index in [1.54, 1.807) is 0 Å². The lowest BCUT2D eigenvalue weighted by molar-refractivity contribution is -0.137. The third kappa shape index (κ3) is 2.18. The number of carboxylic acids is 1. The van der Waals surface area contributed by atoms with Gasteiger partial charge in [0.1, 0.15) is 5.54 Å². The molecule has 4 heteroatoms. The molecule has 0 bridgehead atoms. The quantitative estimate of drug-likeness (QED) is 0.884. The predicted molar refractivity (Wildman–Crippen MR) is 71.4 cm³/mol. The number of aliphatic imine (C=N–C) groups is 2. The second-order valence-electron chi connectivity index (χ2n) is 4.45. The summed E-state index contributed by atoms with van der Waals surface area (Å²) >= 11 is 0. The maximum Gasteiger partial charge on any atom is 0.306 e. The molecule has 0 aromatic heterocycles. The van der Waals surface area contributed by atoms with Crippen LogP contribution in [0.1, 0.15) is 32.3 Å². The molecule has 1 aliphatic rings. The molecule has 0 radical (unpaired) electrons. The molecule has 0 saturated heterocycles. The fourth-order valence-electron chi connectivity index (χ4n) is 2.17. The van der Waals surface area contributed by atoms with Crippen molar-refractivity contribution in [3.63, 3.8) is 0 Å². The molecule has 1 heterocycles. The van der Waals surface area contributed by atoms with Crippen LogP contribution in [0, 0.1) is 0 Å². The zero-order valence-electron chi connectivity index (χ0n) is 10.6. The SMILES string of the molecule is CCC1(CC(=O)O)N=C(c2ccccc2)N=C1C. The molecule has 1 aromatic rings. The van der Waals surface area contributed by atoms with Crippen LogP contribution in [0.3, 0.4) is 0 Å². The number of hydrogen-bond acceptors (Lipinski definition) is 3. The Labute approximate surface area is 106 Å². The number of nitrogens with zero attached hydrogens (tertiary/aromatic N) is 2. The summed E-state index contributed by atoms with van der Waals surface area (Å²) in [4.78, 5) is 20.0. The molecule has 1 aliphatic heterocycles. The summed E-state index contributed by atoms with van der Waals surface area (Å²) in [6.07, 6.45) is 0.639. The number of carbonyl (C=O) groups is 1. The lowest BCUT2D eigenvalue weighted by atomic mass is 9.88. The Kier molecular flexibility index (Phi) is 3.28. The third-order valence-electron chi connectivity index (χ3n) is 3.33. The second-order valence-corrected chi connectivity index (χ2v) is 4.45. The number of carboxylic acid groups (broad SMARTS) is 1. The van der Waals surface area contributed by atoms with Crippen molar-refractivity contribution in [1.82, 2.24) is 0 Å². The molecule has 1 aromatic carbocycles. The Hall–Kier alpha value is -1.97. The van der Waals surface area contributed by atoms with Gasteiger partial charge >= 0.3 is 5.97 Å². The zero-order chi connectivity index (χ0) is 13.2. The minimum atomic E-state index is -0.843. The van der Waals surface area contributed by atoms with Crippen molar-refractivity contribution in [2.45, 2.75) is 32.2 Å². The van der Waals surface area contributed by atoms with Gasteiger partial charge in [-0.2, -0.15) is 0 Å². The fourth-order valence-corrected chi connectivity index (χ4v) is 2.17. The standard InChI is InChI=1S/C14H16N2O2/c1-3-14(9-12(17)18)10(2)15-13(16-14)11-7-5-4-6-8-11/h4-8H,3,9H2,1-2H3,(H,17,18). The molecule has 1 atom stereocenters. The van der Waals surface area contributed by atoms with Gasteiger partial charge < -0.3 is 5.11 Å². The van der Waals surface area contributed by atoms with E-state index in [-0.39, 0.29) is 6.42 Å². The lowest BCUT2D eigenvalue weighted by Gasteiger charge is -2.22. The van der Waals surface area contributed by atoms with E-state index in [2.05, 4.69) is 9.98 Å². The van der Waals surface area contributed by atoms with E-state index in [4.69, 9.17) is 5.11 Å². The topological polar surface area (TPSA) is 62.0 Å². The predicted octanol–water partition coefficient (Wildman–Crippen LogP) is 2.53. The van der Waals surface area contributed by atoms with Crippen molar-refractivity contribution in [3.8, 4) is 0 Å². The summed E-state index contributed by atoms with van der Waals surface area (Å²) in [5, 5.41) is 9.02. The summed E-state index contributed by atoms with van der Waals surface area (Å²) < 4.78 is 0. The molecule has 4 nitrogen and oxygen atoms in total. The van der Waals surface area contributed by atoms with Crippen LogP contribution in [-0.2, 0) is 4.79 Å². The van der Waals surface area contributed by atoms with Crippen LogP contribution in [0.2, 0.25) is 0 Å². The van der Waals surface area contributed by atoms with Gasteiger partial charge in [0.2, 0.25) is 0 Å². The average molecular weight is 244 g/mol. The van der Waals surface area contributed by atoms with Crippen LogP contribution >= 0.6 is 0 Å². The molecule has 2 rings (SSSR count). The number of benzene rings is 1. The molecular formula is C14H16N2O2. The van der Waals surface area contributed by atoms with Gasteiger partial charge in [-0.3, -0.25) is 9.79 Å². The molecular weight excluding hydrogens is 228 g/mol. The minimum Gasteiger partial charge on any atom is -0.481 e. The summed E-state index contributed by atoms with van der Waals surface area (Å²) in [6, 6.07) is 9.64. The molecule has 1 N–H and O–H groups in total. The van der Waals surface area contributed by atoms with Gasteiger partial charge in [-0.05, 0) is 13.3 Å². The second kappa shape index (κ2) is 4.72. The largest absolute Gasteiger partial charge is 0.481 e. The summed E-state index contributed by atoms with van der Waals surface area (Å²) in [5.41, 5.74) is 1.04. The number of amidine groups is 1. The first-order valence-electron chi connectivity index (χ1n) is 6.00. The number of hydrogen-bond donors (Lipinski definition) is 1. The van der Waals surface area contributed by atoms with E-state index in [0.717, 1.165) is 11.3 Å². The van der Waals surface area contributed by atoms with E-state index in [1.165, 1.54) is 0 Å². The van der Waals surface area contributed by atoms with Gasteiger partial charge in [0.05, 0.1) is 6.42 Å². The highest BCUT2D eigenvalue weighted by atomic mass is 16.4. The number of rotatable bonds is 4. The zero-order valence-corrected chi connectivity index (χ0v) is 10.6. The molecule has 0 amide bonds. The van der Waals surface area contributed by atoms with Crippen LogP contribution < -0.4 is 0 Å². The molecule has 18 heavy (non-hydrogen) atoms.